The number of hydrogen-bond donors (Lipinski definition) is 1. The van der Waals surface area contributed by atoms with Crippen LogP contribution in [0.5, 0.6) is 5.75 Å². The molecule has 2 nitrogen and oxygen atoms in total. The van der Waals surface area contributed by atoms with Crippen LogP contribution < -0.4 is 0 Å². The number of phenols is 1. The molecule has 1 N–H and O–H groups in total. The summed E-state index contributed by atoms with van der Waals surface area (Å²) in [7, 11) is 0. The van der Waals surface area contributed by atoms with E-state index in [0.717, 1.165) is 16.7 Å². The Kier molecular flexibility index (Phi) is 2.88. The molecule has 0 saturated carbocycles. The predicted molar refractivity (Wildman–Crippen MR) is 60.9 cm³/mol. The molecule has 15 heavy (non-hydrogen) atoms. The summed E-state index contributed by atoms with van der Waals surface area (Å²) in [6.07, 6.45) is 3.53. The van der Waals surface area contributed by atoms with Crippen LogP contribution in [0.3, 0.4) is 0 Å². The van der Waals surface area contributed by atoms with Crippen LogP contribution in [0, 0.1) is 0 Å². The molecular weight excluding hydrogens is 210 g/mol. The Morgan fingerprint density at radius 3 is 2.47 bits per heavy atom. The normalized spacial score (nSPS) is 10.2. The first-order valence-corrected chi connectivity index (χ1v) is 5.12. The average molecular weight is 220 g/mol. The Morgan fingerprint density at radius 2 is 1.80 bits per heavy atom. The Morgan fingerprint density at radius 1 is 1.07 bits per heavy atom. The van der Waals surface area contributed by atoms with Gasteiger partial charge in [-0.25, -0.2) is 0 Å². The summed E-state index contributed by atoms with van der Waals surface area (Å²) in [6, 6.07) is 9.01. The number of phenolic OH excluding ortho intramolecular Hbond substituents is 1. The molecule has 0 amide bonds. The smallest absolute Gasteiger partial charge is 0.115 e. The van der Waals surface area contributed by atoms with Gasteiger partial charge in [-0.2, -0.15) is 0 Å². The third-order valence-electron chi connectivity index (χ3n) is 2.15. The number of benzene rings is 1. The SMILES string of the molecule is Oc1ccc(-c2cncc(CCl)c2)cc1. The van der Waals surface area contributed by atoms with E-state index >= 15 is 0 Å². The average Bonchev–Trinajstić information content (AvgIpc) is 2.30. The van der Waals surface area contributed by atoms with Crippen molar-refractivity contribution in [2.45, 2.75) is 5.88 Å². The van der Waals surface area contributed by atoms with Crippen molar-refractivity contribution in [1.82, 2.24) is 4.98 Å². The molecule has 3 heteroatoms. The number of aromatic hydroxyl groups is 1. The lowest BCUT2D eigenvalue weighted by Crippen LogP contribution is -1.84. The van der Waals surface area contributed by atoms with Gasteiger partial charge < -0.3 is 5.11 Å². The molecule has 1 aromatic carbocycles. The molecule has 0 aliphatic carbocycles. The van der Waals surface area contributed by atoms with Crippen LogP contribution in [-0.2, 0) is 5.88 Å². The Labute approximate surface area is 93.2 Å². The van der Waals surface area contributed by atoms with Gasteiger partial charge in [0.1, 0.15) is 5.75 Å². The lowest BCUT2D eigenvalue weighted by atomic mass is 10.1. The summed E-state index contributed by atoms with van der Waals surface area (Å²) >= 11 is 5.73. The summed E-state index contributed by atoms with van der Waals surface area (Å²) < 4.78 is 0. The number of hydrogen-bond acceptors (Lipinski definition) is 2. The molecule has 0 fully saturated rings. The van der Waals surface area contributed by atoms with Crippen LogP contribution in [0.25, 0.3) is 11.1 Å². The molecule has 0 atom stereocenters. The highest BCUT2D eigenvalue weighted by molar-refractivity contribution is 6.17. The molecule has 0 bridgehead atoms. The monoisotopic (exact) mass is 219 g/mol. The van der Waals surface area contributed by atoms with Crippen LogP contribution >= 0.6 is 11.6 Å². The molecule has 1 aromatic heterocycles. The summed E-state index contributed by atoms with van der Waals surface area (Å²) in [5.41, 5.74) is 3.02. The van der Waals surface area contributed by atoms with E-state index in [0.29, 0.717) is 5.88 Å². The lowest BCUT2D eigenvalue weighted by Gasteiger charge is -2.02. The van der Waals surface area contributed by atoms with Gasteiger partial charge in [0.05, 0.1) is 0 Å². The second-order valence-corrected chi connectivity index (χ2v) is 3.53. The van der Waals surface area contributed by atoms with Crippen LogP contribution in [0.1, 0.15) is 5.56 Å². The predicted octanol–water partition coefficient (Wildman–Crippen LogP) is 3.19. The van der Waals surface area contributed by atoms with Crippen LogP contribution in [0.15, 0.2) is 42.7 Å². The maximum atomic E-state index is 9.17. The lowest BCUT2D eigenvalue weighted by molar-refractivity contribution is 0.475. The fraction of sp³-hybridized carbons (Fsp3) is 0.0833. The van der Waals surface area contributed by atoms with Crippen LogP contribution in [0.2, 0.25) is 0 Å². The van der Waals surface area contributed by atoms with Crippen molar-refractivity contribution in [2.24, 2.45) is 0 Å². The Hall–Kier alpha value is -1.54. The minimum atomic E-state index is 0.264. The van der Waals surface area contributed by atoms with E-state index < -0.39 is 0 Å². The van der Waals surface area contributed by atoms with Gasteiger partial charge in [0.25, 0.3) is 0 Å². The third kappa shape index (κ3) is 2.28. The van der Waals surface area contributed by atoms with Crippen molar-refractivity contribution >= 4 is 11.6 Å². The molecule has 76 valence electrons. The maximum Gasteiger partial charge on any atom is 0.115 e. The molecule has 2 aromatic rings. The highest BCUT2D eigenvalue weighted by Crippen LogP contribution is 2.22. The minimum absolute atomic E-state index is 0.264. The van der Waals surface area contributed by atoms with Gasteiger partial charge in [-0.3, -0.25) is 4.98 Å². The van der Waals surface area contributed by atoms with Gasteiger partial charge in [-0.1, -0.05) is 12.1 Å². The zero-order valence-electron chi connectivity index (χ0n) is 8.02. The molecular formula is C12H10ClNO. The number of nitrogens with zero attached hydrogens (tertiary/aromatic N) is 1. The van der Waals surface area contributed by atoms with E-state index in [-0.39, 0.29) is 5.75 Å². The Bertz CT molecular complexity index is 453. The first kappa shape index (κ1) is 9.99. The number of rotatable bonds is 2. The molecule has 0 aliphatic heterocycles. The first-order chi connectivity index (χ1) is 7.29. The van der Waals surface area contributed by atoms with Crippen molar-refractivity contribution in [3.05, 3.63) is 48.3 Å². The largest absolute Gasteiger partial charge is 0.508 e. The van der Waals surface area contributed by atoms with Crippen LogP contribution in [-0.4, -0.2) is 10.1 Å². The minimum Gasteiger partial charge on any atom is -0.508 e. The van der Waals surface area contributed by atoms with E-state index in [2.05, 4.69) is 4.98 Å². The standard InChI is InChI=1S/C12H10ClNO/c13-6-9-5-11(8-14-7-9)10-1-3-12(15)4-2-10/h1-5,7-8,15H,6H2. The van der Waals surface area contributed by atoms with E-state index in [4.69, 9.17) is 16.7 Å². The Balaban J connectivity index is 2.40. The van der Waals surface area contributed by atoms with Crippen molar-refractivity contribution in [3.8, 4) is 16.9 Å². The van der Waals surface area contributed by atoms with E-state index in [1.807, 2.05) is 18.2 Å². The molecule has 0 aliphatic rings. The van der Waals surface area contributed by atoms with Gasteiger partial charge in [0, 0.05) is 23.8 Å². The molecule has 0 radical (unpaired) electrons. The summed E-state index contributed by atoms with van der Waals surface area (Å²) in [4.78, 5) is 4.11. The van der Waals surface area contributed by atoms with Crippen molar-refractivity contribution < 1.29 is 5.11 Å². The second-order valence-electron chi connectivity index (χ2n) is 3.26. The molecule has 0 saturated heterocycles. The number of halogens is 1. The fourth-order valence-electron chi connectivity index (χ4n) is 1.37. The highest BCUT2D eigenvalue weighted by Gasteiger charge is 1.99. The molecule has 1 heterocycles. The van der Waals surface area contributed by atoms with Gasteiger partial charge in [-0.15, -0.1) is 11.6 Å². The van der Waals surface area contributed by atoms with Gasteiger partial charge in [0.2, 0.25) is 0 Å². The van der Waals surface area contributed by atoms with E-state index in [1.54, 1.807) is 24.5 Å². The van der Waals surface area contributed by atoms with E-state index in [9.17, 15) is 0 Å². The van der Waals surface area contributed by atoms with Crippen molar-refractivity contribution in [3.63, 3.8) is 0 Å². The quantitative estimate of drug-likeness (QED) is 0.787. The second kappa shape index (κ2) is 4.32. The van der Waals surface area contributed by atoms with Crippen LogP contribution in [0.4, 0.5) is 0 Å². The highest BCUT2D eigenvalue weighted by atomic mass is 35.5. The zero-order chi connectivity index (χ0) is 10.7. The van der Waals surface area contributed by atoms with Gasteiger partial charge in [0.15, 0.2) is 0 Å². The summed E-state index contributed by atoms with van der Waals surface area (Å²) in [6.45, 7) is 0. The zero-order valence-corrected chi connectivity index (χ0v) is 8.78. The number of alkyl halides is 1. The number of pyridine rings is 1. The molecule has 2 rings (SSSR count). The molecule has 0 unspecified atom stereocenters. The van der Waals surface area contributed by atoms with Gasteiger partial charge in [-0.05, 0) is 29.3 Å². The molecule has 0 spiro atoms. The van der Waals surface area contributed by atoms with Gasteiger partial charge >= 0.3 is 0 Å². The van der Waals surface area contributed by atoms with Crippen molar-refractivity contribution in [2.75, 3.05) is 0 Å². The van der Waals surface area contributed by atoms with E-state index in [1.165, 1.54) is 0 Å². The fourth-order valence-corrected chi connectivity index (χ4v) is 1.52. The third-order valence-corrected chi connectivity index (χ3v) is 2.46. The topological polar surface area (TPSA) is 33.1 Å². The van der Waals surface area contributed by atoms with Crippen molar-refractivity contribution in [1.29, 1.82) is 0 Å². The summed E-state index contributed by atoms with van der Waals surface area (Å²) in [5.74, 6) is 0.721. The maximum absolute atomic E-state index is 9.17. The summed E-state index contributed by atoms with van der Waals surface area (Å²) in [5, 5.41) is 9.17. The number of aromatic nitrogens is 1. The first-order valence-electron chi connectivity index (χ1n) is 4.59.